The number of hydrogen-bond acceptors (Lipinski definition) is 1. The van der Waals surface area contributed by atoms with E-state index in [4.69, 9.17) is 0 Å². The van der Waals surface area contributed by atoms with Gasteiger partial charge in [0, 0.05) is 11.8 Å². The molecular weight excluding hydrogens is 445 g/mol. The van der Waals surface area contributed by atoms with E-state index >= 15 is 0 Å². The zero-order chi connectivity index (χ0) is 24.5. The molecule has 0 aliphatic rings. The Labute approximate surface area is 202 Å². The van der Waals surface area contributed by atoms with Crippen molar-refractivity contribution in [1.82, 2.24) is 9.78 Å². The van der Waals surface area contributed by atoms with Gasteiger partial charge in [0.25, 0.3) is 0 Å². The maximum absolute atomic E-state index is 13.9. The highest BCUT2D eigenvalue weighted by atomic mass is 19.4. The molecule has 0 atom stereocenters. The summed E-state index contributed by atoms with van der Waals surface area (Å²) >= 11 is 0. The third-order valence-corrected chi connectivity index (χ3v) is 6.29. The van der Waals surface area contributed by atoms with Gasteiger partial charge in [-0.3, -0.25) is 4.68 Å². The molecule has 2 nitrogen and oxygen atoms in total. The molecule has 1 aromatic heterocycles. The molecule has 0 fully saturated rings. The van der Waals surface area contributed by atoms with E-state index in [0.29, 0.717) is 11.1 Å². The highest BCUT2D eigenvalue weighted by Crippen LogP contribution is 2.42. The summed E-state index contributed by atoms with van der Waals surface area (Å²) in [6.45, 7) is 1.66. The molecule has 0 aliphatic carbocycles. The summed E-state index contributed by atoms with van der Waals surface area (Å²) in [6, 6.07) is 34.1. The highest BCUT2D eigenvalue weighted by Gasteiger charge is 2.40. The molecule has 0 aliphatic heterocycles. The molecule has 0 saturated heterocycles. The average Bonchev–Trinajstić information content (AvgIpc) is 3.36. The lowest BCUT2D eigenvalue weighted by atomic mass is 9.77. The molecule has 0 unspecified atom stereocenters. The molecule has 0 N–H and O–H groups in total. The first-order chi connectivity index (χ1) is 16.9. The first-order valence-electron chi connectivity index (χ1n) is 11.3. The molecule has 5 heteroatoms. The van der Waals surface area contributed by atoms with E-state index in [-0.39, 0.29) is 5.56 Å². The number of benzene rings is 4. The number of alkyl halides is 3. The molecule has 5 rings (SSSR count). The first-order valence-corrected chi connectivity index (χ1v) is 11.3. The molecule has 174 valence electrons. The van der Waals surface area contributed by atoms with Crippen molar-refractivity contribution < 1.29 is 13.2 Å². The minimum atomic E-state index is -4.47. The predicted molar refractivity (Wildman–Crippen MR) is 132 cm³/mol. The normalized spacial score (nSPS) is 12.0. The fourth-order valence-corrected chi connectivity index (χ4v) is 4.72. The minimum Gasteiger partial charge on any atom is -0.252 e. The maximum Gasteiger partial charge on any atom is 0.417 e. The quantitative estimate of drug-likeness (QED) is 0.242. The Bertz CT molecular complexity index is 1330. The van der Waals surface area contributed by atoms with Crippen LogP contribution in [0.3, 0.4) is 0 Å². The van der Waals surface area contributed by atoms with Crippen LogP contribution in [0.2, 0.25) is 0 Å². The van der Waals surface area contributed by atoms with Gasteiger partial charge in [-0.25, -0.2) is 0 Å². The van der Waals surface area contributed by atoms with Crippen LogP contribution < -0.4 is 0 Å². The molecule has 4 aromatic carbocycles. The standard InChI is InChI=1S/C30H23F3N2/c1-22-17-18-27(28(19-22)30(31,32)33)23-20-34-35(21-23)29(24-11-5-2-6-12-24,25-13-7-3-8-14-25)26-15-9-4-10-16-26/h2-21H,1H3. The Morgan fingerprint density at radius 1 is 0.657 bits per heavy atom. The van der Waals surface area contributed by atoms with E-state index in [1.54, 1.807) is 23.9 Å². The van der Waals surface area contributed by atoms with Crippen molar-refractivity contribution in [2.24, 2.45) is 0 Å². The smallest absolute Gasteiger partial charge is 0.252 e. The predicted octanol–water partition coefficient (Wildman–Crippen LogP) is 7.72. The van der Waals surface area contributed by atoms with Crippen molar-refractivity contribution in [3.8, 4) is 11.1 Å². The summed E-state index contributed by atoms with van der Waals surface area (Å²) in [7, 11) is 0. The van der Waals surface area contributed by atoms with Crippen LogP contribution in [-0.2, 0) is 11.7 Å². The first kappa shape index (κ1) is 22.7. The third kappa shape index (κ3) is 4.03. The second-order valence-corrected chi connectivity index (χ2v) is 8.53. The summed E-state index contributed by atoms with van der Waals surface area (Å²) in [5, 5.41) is 4.69. The third-order valence-electron chi connectivity index (χ3n) is 6.29. The number of halogens is 3. The minimum absolute atomic E-state index is 0.109. The Morgan fingerprint density at radius 2 is 1.14 bits per heavy atom. The van der Waals surface area contributed by atoms with Crippen molar-refractivity contribution in [1.29, 1.82) is 0 Å². The van der Waals surface area contributed by atoms with Crippen molar-refractivity contribution >= 4 is 0 Å². The van der Waals surface area contributed by atoms with Crippen LogP contribution in [0.5, 0.6) is 0 Å². The van der Waals surface area contributed by atoms with Gasteiger partial charge in [-0.15, -0.1) is 0 Å². The second kappa shape index (κ2) is 8.91. The Balaban J connectivity index is 1.80. The van der Waals surface area contributed by atoms with Gasteiger partial charge >= 0.3 is 6.18 Å². The number of hydrogen-bond donors (Lipinski definition) is 0. The van der Waals surface area contributed by atoms with Crippen molar-refractivity contribution in [2.75, 3.05) is 0 Å². The molecular formula is C30H23F3N2. The van der Waals surface area contributed by atoms with Gasteiger partial charge in [-0.05, 0) is 35.2 Å². The SMILES string of the molecule is Cc1ccc(-c2cnn(C(c3ccccc3)(c3ccccc3)c3ccccc3)c2)c(C(F)(F)F)c1. The van der Waals surface area contributed by atoms with Crippen LogP contribution >= 0.6 is 0 Å². The van der Waals surface area contributed by atoms with Gasteiger partial charge in [-0.2, -0.15) is 18.3 Å². The van der Waals surface area contributed by atoms with E-state index in [1.807, 2.05) is 91.0 Å². The average molecular weight is 469 g/mol. The number of nitrogens with zero attached hydrogens (tertiary/aromatic N) is 2. The van der Waals surface area contributed by atoms with Crippen LogP contribution in [0, 0.1) is 6.92 Å². The summed E-state index contributed by atoms with van der Waals surface area (Å²) in [5.41, 5.74) is 2.38. The van der Waals surface area contributed by atoms with Gasteiger partial charge in [-0.1, -0.05) is 109 Å². The monoisotopic (exact) mass is 468 g/mol. The fraction of sp³-hybridized carbons (Fsp3) is 0.100. The van der Waals surface area contributed by atoms with Crippen molar-refractivity contribution in [2.45, 2.75) is 18.6 Å². The van der Waals surface area contributed by atoms with Gasteiger partial charge in [0.2, 0.25) is 0 Å². The van der Waals surface area contributed by atoms with Crippen LogP contribution in [0.25, 0.3) is 11.1 Å². The van der Waals surface area contributed by atoms with Gasteiger partial charge in [0.15, 0.2) is 0 Å². The van der Waals surface area contributed by atoms with E-state index < -0.39 is 17.3 Å². The molecule has 35 heavy (non-hydrogen) atoms. The lowest BCUT2D eigenvalue weighted by Crippen LogP contribution is -2.38. The Kier molecular flexibility index (Phi) is 5.77. The van der Waals surface area contributed by atoms with E-state index in [0.717, 1.165) is 16.7 Å². The molecule has 0 radical (unpaired) electrons. The van der Waals surface area contributed by atoms with Crippen LogP contribution in [0.1, 0.15) is 27.8 Å². The van der Waals surface area contributed by atoms with E-state index in [1.165, 1.54) is 18.3 Å². The molecule has 1 heterocycles. The van der Waals surface area contributed by atoms with Gasteiger partial charge < -0.3 is 0 Å². The molecule has 0 bridgehead atoms. The van der Waals surface area contributed by atoms with Crippen LogP contribution in [0.15, 0.2) is 122 Å². The van der Waals surface area contributed by atoms with Crippen LogP contribution in [0.4, 0.5) is 13.2 Å². The number of aryl methyl sites for hydroxylation is 1. The highest BCUT2D eigenvalue weighted by molar-refractivity contribution is 5.68. The maximum atomic E-state index is 13.9. The van der Waals surface area contributed by atoms with Crippen molar-refractivity contribution in [3.63, 3.8) is 0 Å². The second-order valence-electron chi connectivity index (χ2n) is 8.53. The largest absolute Gasteiger partial charge is 0.417 e. The van der Waals surface area contributed by atoms with E-state index in [2.05, 4.69) is 5.10 Å². The van der Waals surface area contributed by atoms with Crippen molar-refractivity contribution in [3.05, 3.63) is 149 Å². The lowest BCUT2D eigenvalue weighted by molar-refractivity contribution is -0.137. The van der Waals surface area contributed by atoms with Gasteiger partial charge in [0.05, 0.1) is 11.8 Å². The molecule has 0 saturated carbocycles. The summed E-state index contributed by atoms with van der Waals surface area (Å²) < 4.78 is 43.5. The van der Waals surface area contributed by atoms with Gasteiger partial charge in [0.1, 0.15) is 5.54 Å². The topological polar surface area (TPSA) is 17.8 Å². The number of rotatable bonds is 5. The molecule has 0 spiro atoms. The Morgan fingerprint density at radius 3 is 1.60 bits per heavy atom. The lowest BCUT2D eigenvalue weighted by Gasteiger charge is -2.36. The molecule has 0 amide bonds. The van der Waals surface area contributed by atoms with Crippen LogP contribution in [-0.4, -0.2) is 9.78 Å². The number of aromatic nitrogens is 2. The zero-order valence-electron chi connectivity index (χ0n) is 19.1. The molecule has 5 aromatic rings. The summed E-state index contributed by atoms with van der Waals surface area (Å²) in [5.74, 6) is 0. The summed E-state index contributed by atoms with van der Waals surface area (Å²) in [4.78, 5) is 0. The fourth-order valence-electron chi connectivity index (χ4n) is 4.72. The van der Waals surface area contributed by atoms with E-state index in [9.17, 15) is 13.2 Å². The zero-order valence-corrected chi connectivity index (χ0v) is 19.1. The Hall–Kier alpha value is -4.12. The summed E-state index contributed by atoms with van der Waals surface area (Å²) in [6.07, 6.45) is -1.24.